The van der Waals surface area contributed by atoms with E-state index in [0.29, 0.717) is 38.2 Å². The van der Waals surface area contributed by atoms with Crippen molar-refractivity contribution in [2.45, 2.75) is 32.9 Å². The summed E-state index contributed by atoms with van der Waals surface area (Å²) in [6, 6.07) is 11.7. The maximum Gasteiger partial charge on any atom is 0.278 e. The predicted molar refractivity (Wildman–Crippen MR) is 143 cm³/mol. The maximum atomic E-state index is 13.7. The van der Waals surface area contributed by atoms with E-state index < -0.39 is 5.82 Å². The minimum Gasteiger partial charge on any atom is -0.343 e. The van der Waals surface area contributed by atoms with Gasteiger partial charge < -0.3 is 4.90 Å². The van der Waals surface area contributed by atoms with Gasteiger partial charge in [0.1, 0.15) is 10.5 Å². The largest absolute Gasteiger partial charge is 0.343 e. The van der Waals surface area contributed by atoms with Crippen molar-refractivity contribution in [3.8, 4) is 11.4 Å². The molecule has 0 unspecified atom stereocenters. The van der Waals surface area contributed by atoms with Gasteiger partial charge in [0.05, 0.1) is 17.1 Å². The molecule has 182 valence electrons. The number of benzene rings is 2. The fourth-order valence-corrected chi connectivity index (χ4v) is 6.11. The third-order valence-electron chi connectivity index (χ3n) is 5.70. The number of thioether (sulfide) groups is 1. The topological polar surface area (TPSA) is 60.1 Å². The Morgan fingerprint density at radius 2 is 1.80 bits per heavy atom. The second-order valence-corrected chi connectivity index (χ2v) is 10.6. The summed E-state index contributed by atoms with van der Waals surface area (Å²) in [5, 5.41) is 0.348. The Kier molecular flexibility index (Phi) is 7.53. The third-order valence-corrected chi connectivity index (χ3v) is 7.97. The van der Waals surface area contributed by atoms with E-state index in [1.54, 1.807) is 4.90 Å². The number of aryl methyl sites for hydroxylation is 2. The Morgan fingerprint density at radius 1 is 1.11 bits per heavy atom. The molecule has 0 aliphatic carbocycles. The average molecular weight is 529 g/mol. The molecule has 2 heterocycles. The van der Waals surface area contributed by atoms with Crippen LogP contribution in [0, 0.1) is 23.6 Å². The molecule has 4 rings (SSSR count). The molecule has 4 aromatic rings. The summed E-state index contributed by atoms with van der Waals surface area (Å²) in [6.45, 7) is 9.06. The number of hydrogen-bond donors (Lipinski definition) is 0. The summed E-state index contributed by atoms with van der Waals surface area (Å²) in [7, 11) is 0. The highest BCUT2D eigenvalue weighted by molar-refractivity contribution is 7.99. The number of carbonyl (C=O) groups is 1. The van der Waals surface area contributed by atoms with Gasteiger partial charge >= 0.3 is 0 Å². The molecule has 0 saturated heterocycles. The van der Waals surface area contributed by atoms with E-state index in [0.717, 1.165) is 16.8 Å². The van der Waals surface area contributed by atoms with E-state index in [-0.39, 0.29) is 17.2 Å². The molecule has 0 fully saturated rings. The first-order valence-electron chi connectivity index (χ1n) is 11.2. The van der Waals surface area contributed by atoms with E-state index in [2.05, 4.69) is 6.07 Å². The molecule has 0 atom stereocenters. The summed E-state index contributed by atoms with van der Waals surface area (Å²) >= 11 is 8.04. The Balaban J connectivity index is 1.94. The van der Waals surface area contributed by atoms with Gasteiger partial charge in [-0.05, 0) is 75.8 Å². The Bertz CT molecular complexity index is 1520. The van der Waals surface area contributed by atoms with Crippen LogP contribution in [0.3, 0.4) is 0 Å². The molecule has 6 nitrogen and oxygen atoms in total. The molecule has 1 amide bonds. The zero-order valence-electron chi connectivity index (χ0n) is 19.9. The van der Waals surface area contributed by atoms with Crippen LogP contribution < -0.4 is 5.56 Å². The van der Waals surface area contributed by atoms with Gasteiger partial charge in [-0.1, -0.05) is 40.8 Å². The van der Waals surface area contributed by atoms with Gasteiger partial charge in [0, 0.05) is 13.1 Å². The lowest BCUT2D eigenvalue weighted by Crippen LogP contribution is -2.32. The summed E-state index contributed by atoms with van der Waals surface area (Å²) in [5.74, 6) is -0.329. The number of thiazole rings is 1. The van der Waals surface area contributed by atoms with Crippen molar-refractivity contribution in [1.82, 2.24) is 19.0 Å². The van der Waals surface area contributed by atoms with Gasteiger partial charge in [0.25, 0.3) is 5.56 Å². The van der Waals surface area contributed by atoms with Crippen LogP contribution >= 0.6 is 35.3 Å². The van der Waals surface area contributed by atoms with Crippen LogP contribution in [0.5, 0.6) is 0 Å². The smallest absolute Gasteiger partial charge is 0.278 e. The minimum atomic E-state index is -0.404. The van der Waals surface area contributed by atoms with Crippen molar-refractivity contribution in [3.05, 3.63) is 73.7 Å². The van der Waals surface area contributed by atoms with Crippen molar-refractivity contribution in [3.63, 3.8) is 0 Å². The summed E-state index contributed by atoms with van der Waals surface area (Å²) in [6.07, 6.45) is 0. The highest BCUT2D eigenvalue weighted by Crippen LogP contribution is 2.29. The maximum absolute atomic E-state index is 13.7. The second-order valence-electron chi connectivity index (χ2n) is 8.01. The first kappa shape index (κ1) is 25.3. The average Bonchev–Trinajstić information content (AvgIpc) is 3.15. The quantitative estimate of drug-likeness (QED) is 0.175. The monoisotopic (exact) mass is 528 g/mol. The molecule has 2 aromatic heterocycles. The minimum absolute atomic E-state index is 0.0449. The van der Waals surface area contributed by atoms with Crippen LogP contribution in [0.15, 0.2) is 52.4 Å². The van der Waals surface area contributed by atoms with Gasteiger partial charge in [-0.25, -0.2) is 9.37 Å². The van der Waals surface area contributed by atoms with Gasteiger partial charge in [-0.2, -0.15) is 0 Å². The van der Waals surface area contributed by atoms with Crippen LogP contribution in [0.1, 0.15) is 25.0 Å². The fourth-order valence-electron chi connectivity index (χ4n) is 3.91. The number of amides is 1. The molecule has 0 aliphatic heterocycles. The first-order chi connectivity index (χ1) is 16.7. The summed E-state index contributed by atoms with van der Waals surface area (Å²) in [4.78, 5) is 33.0. The molecule has 10 heteroatoms. The lowest BCUT2D eigenvalue weighted by molar-refractivity contribution is -0.127. The van der Waals surface area contributed by atoms with E-state index in [9.17, 15) is 14.0 Å². The number of fused-ring (bicyclic) bond motifs is 1. The molecule has 0 radical (unpaired) electrons. The lowest BCUT2D eigenvalue weighted by atomic mass is 10.1. The predicted octanol–water partition coefficient (Wildman–Crippen LogP) is 5.68. The molecule has 0 spiro atoms. The Morgan fingerprint density at radius 3 is 2.43 bits per heavy atom. The SMILES string of the molecule is CCN(CC)C(=O)CSc1nc2c(sc(=S)n2-c2ccc(C)cc2C)c(=O)n1-c1ccc(F)cc1. The van der Waals surface area contributed by atoms with Crippen molar-refractivity contribution >= 4 is 51.6 Å². The second kappa shape index (κ2) is 10.4. The fraction of sp³-hybridized carbons (Fsp3) is 0.280. The van der Waals surface area contributed by atoms with E-state index in [4.69, 9.17) is 17.2 Å². The van der Waals surface area contributed by atoms with E-state index >= 15 is 0 Å². The molecule has 0 saturated carbocycles. The van der Waals surface area contributed by atoms with Crippen LogP contribution in [-0.4, -0.2) is 43.8 Å². The Hall–Kier alpha value is -2.82. The lowest BCUT2D eigenvalue weighted by Gasteiger charge is -2.19. The molecule has 2 aromatic carbocycles. The first-order valence-corrected chi connectivity index (χ1v) is 13.4. The third kappa shape index (κ3) is 4.96. The van der Waals surface area contributed by atoms with E-state index in [1.165, 1.54) is 51.9 Å². The van der Waals surface area contributed by atoms with Crippen molar-refractivity contribution in [1.29, 1.82) is 0 Å². The van der Waals surface area contributed by atoms with Crippen LogP contribution in [0.4, 0.5) is 4.39 Å². The van der Waals surface area contributed by atoms with Gasteiger partial charge in [0.2, 0.25) is 5.91 Å². The molecule has 0 bridgehead atoms. The van der Waals surface area contributed by atoms with Crippen LogP contribution in [0.25, 0.3) is 21.7 Å². The highest BCUT2D eigenvalue weighted by Gasteiger charge is 2.21. The number of carbonyl (C=O) groups excluding carboxylic acids is 1. The van der Waals surface area contributed by atoms with Crippen molar-refractivity contribution < 1.29 is 9.18 Å². The summed E-state index contributed by atoms with van der Waals surface area (Å²) in [5.41, 5.74) is 3.60. The van der Waals surface area contributed by atoms with Crippen LogP contribution in [-0.2, 0) is 4.79 Å². The van der Waals surface area contributed by atoms with Crippen LogP contribution in [0.2, 0.25) is 0 Å². The molecular formula is C25H25FN4O2S3. The summed E-state index contributed by atoms with van der Waals surface area (Å²) < 4.78 is 17.8. The van der Waals surface area contributed by atoms with Gasteiger partial charge in [-0.15, -0.1) is 0 Å². The van der Waals surface area contributed by atoms with Crippen molar-refractivity contribution in [2.75, 3.05) is 18.8 Å². The van der Waals surface area contributed by atoms with E-state index in [1.807, 2.05) is 44.4 Å². The number of halogens is 1. The zero-order valence-corrected chi connectivity index (χ0v) is 22.3. The number of aromatic nitrogens is 3. The molecule has 0 aliphatic rings. The zero-order chi connectivity index (χ0) is 25.3. The number of hydrogen-bond acceptors (Lipinski definition) is 6. The standard InChI is InChI=1S/C25H25FN4O2S3/c1-5-28(6-2)20(31)14-34-24-27-22-21(23(32)29(24)18-10-8-17(26)9-11-18)35-25(33)30(22)19-12-7-15(3)13-16(19)4/h7-13H,5-6,14H2,1-4H3. The van der Waals surface area contributed by atoms with Gasteiger partial charge in [-0.3, -0.25) is 18.7 Å². The molecular weight excluding hydrogens is 504 g/mol. The molecule has 0 N–H and O–H groups in total. The van der Waals surface area contributed by atoms with Crippen molar-refractivity contribution in [2.24, 2.45) is 0 Å². The Labute approximate surface area is 216 Å². The normalized spacial score (nSPS) is 11.2. The van der Waals surface area contributed by atoms with Gasteiger partial charge in [0.15, 0.2) is 14.8 Å². The highest BCUT2D eigenvalue weighted by atomic mass is 32.2. The molecule has 35 heavy (non-hydrogen) atoms. The number of nitrogens with zero attached hydrogens (tertiary/aromatic N) is 4. The number of rotatable bonds is 7.